The lowest BCUT2D eigenvalue weighted by Crippen LogP contribution is -2.51. The predicted octanol–water partition coefficient (Wildman–Crippen LogP) is 4.18. The van der Waals surface area contributed by atoms with E-state index in [-0.39, 0.29) is 6.03 Å². The van der Waals surface area contributed by atoms with E-state index in [2.05, 4.69) is 31.5 Å². The number of rotatable bonds is 3. The van der Waals surface area contributed by atoms with Gasteiger partial charge in [0.1, 0.15) is 5.82 Å². The normalized spacial score (nSPS) is 35.4. The highest BCUT2D eigenvalue weighted by atomic mass is 79.9. The molecule has 0 saturated heterocycles. The van der Waals surface area contributed by atoms with Gasteiger partial charge in [-0.2, -0.15) is 0 Å². The molecular weight excluding hydrogens is 342 g/mol. The minimum Gasteiger partial charge on any atom is -0.337 e. The molecule has 4 nitrogen and oxygen atoms in total. The maximum absolute atomic E-state index is 12.1. The number of carbonyl (C=O) groups is 1. The predicted molar refractivity (Wildman–Crippen MR) is 89.6 cm³/mol. The summed E-state index contributed by atoms with van der Waals surface area (Å²) in [4.78, 5) is 16.3. The maximum Gasteiger partial charge on any atom is 0.320 e. The van der Waals surface area contributed by atoms with E-state index < -0.39 is 0 Å². The number of nitrogens with one attached hydrogen (secondary N) is 2. The van der Waals surface area contributed by atoms with Crippen molar-refractivity contribution in [3.05, 3.63) is 22.8 Å². The first-order valence-corrected chi connectivity index (χ1v) is 9.06. The van der Waals surface area contributed by atoms with Crippen LogP contribution in [0.1, 0.15) is 38.5 Å². The average molecular weight is 364 g/mol. The Morgan fingerprint density at radius 3 is 2.45 bits per heavy atom. The number of anilines is 1. The summed E-state index contributed by atoms with van der Waals surface area (Å²) >= 11 is 3.39. The van der Waals surface area contributed by atoms with Crippen molar-refractivity contribution in [2.75, 3.05) is 11.9 Å². The Hall–Kier alpha value is -1.10. The van der Waals surface area contributed by atoms with Crippen LogP contribution in [0.5, 0.6) is 0 Å². The molecule has 0 atom stereocenters. The first-order valence-electron chi connectivity index (χ1n) is 8.27. The zero-order chi connectivity index (χ0) is 15.2. The zero-order valence-corrected chi connectivity index (χ0v) is 14.2. The van der Waals surface area contributed by atoms with Crippen LogP contribution in [-0.2, 0) is 0 Å². The molecule has 5 heteroatoms. The van der Waals surface area contributed by atoms with Gasteiger partial charge in [-0.1, -0.05) is 15.9 Å². The van der Waals surface area contributed by atoms with E-state index in [0.717, 1.165) is 28.8 Å². The number of urea groups is 1. The summed E-state index contributed by atoms with van der Waals surface area (Å²) in [5.74, 6) is 3.34. The number of pyridine rings is 1. The molecule has 4 aliphatic rings. The van der Waals surface area contributed by atoms with Crippen LogP contribution in [0.2, 0.25) is 0 Å². The summed E-state index contributed by atoms with van der Waals surface area (Å²) in [6.07, 6.45) is 9.93. The van der Waals surface area contributed by atoms with Gasteiger partial charge in [-0.3, -0.25) is 5.32 Å². The zero-order valence-electron chi connectivity index (χ0n) is 12.6. The topological polar surface area (TPSA) is 54.0 Å². The van der Waals surface area contributed by atoms with Crippen molar-refractivity contribution in [2.24, 2.45) is 23.2 Å². The Labute approximate surface area is 139 Å². The Morgan fingerprint density at radius 2 is 1.86 bits per heavy atom. The second-order valence-corrected chi connectivity index (χ2v) is 8.50. The number of amides is 2. The lowest BCUT2D eigenvalue weighted by Gasteiger charge is -2.56. The van der Waals surface area contributed by atoms with Crippen LogP contribution in [0, 0.1) is 23.2 Å². The van der Waals surface area contributed by atoms with Crippen molar-refractivity contribution in [1.29, 1.82) is 0 Å². The van der Waals surface area contributed by atoms with Crippen LogP contribution in [0.3, 0.4) is 0 Å². The molecule has 1 heterocycles. The largest absolute Gasteiger partial charge is 0.337 e. The van der Waals surface area contributed by atoms with E-state index in [0.29, 0.717) is 11.2 Å². The number of halogens is 1. The summed E-state index contributed by atoms with van der Waals surface area (Å²) in [7, 11) is 0. The van der Waals surface area contributed by atoms with Gasteiger partial charge in [0.15, 0.2) is 0 Å². The first kappa shape index (κ1) is 14.5. The second kappa shape index (κ2) is 5.52. The number of aromatic nitrogens is 1. The van der Waals surface area contributed by atoms with Crippen molar-refractivity contribution in [3.8, 4) is 0 Å². The van der Waals surface area contributed by atoms with Crippen molar-refractivity contribution in [1.82, 2.24) is 10.3 Å². The van der Waals surface area contributed by atoms with Crippen LogP contribution in [0.25, 0.3) is 0 Å². The molecule has 2 N–H and O–H groups in total. The fourth-order valence-corrected chi connectivity index (χ4v) is 5.74. The number of hydrogen-bond donors (Lipinski definition) is 2. The van der Waals surface area contributed by atoms with Gasteiger partial charge in [0, 0.05) is 17.2 Å². The molecule has 0 aliphatic heterocycles. The molecule has 22 heavy (non-hydrogen) atoms. The molecule has 1 aromatic rings. The van der Waals surface area contributed by atoms with E-state index in [4.69, 9.17) is 0 Å². The second-order valence-electron chi connectivity index (χ2n) is 7.58. The molecule has 1 aromatic heterocycles. The molecule has 4 fully saturated rings. The van der Waals surface area contributed by atoms with E-state index in [9.17, 15) is 4.79 Å². The van der Waals surface area contributed by atoms with Gasteiger partial charge in [-0.05, 0) is 73.8 Å². The van der Waals surface area contributed by atoms with Gasteiger partial charge in [-0.15, -0.1) is 0 Å². The molecule has 118 valence electrons. The fourth-order valence-electron chi connectivity index (χ4n) is 5.41. The van der Waals surface area contributed by atoms with Crippen LogP contribution in [0.4, 0.5) is 10.6 Å². The Balaban J connectivity index is 1.35. The molecule has 0 aromatic carbocycles. The minimum absolute atomic E-state index is 0.138. The van der Waals surface area contributed by atoms with Crippen LogP contribution in [-0.4, -0.2) is 17.6 Å². The molecule has 4 aliphatic carbocycles. The van der Waals surface area contributed by atoms with Crippen LogP contribution >= 0.6 is 15.9 Å². The van der Waals surface area contributed by atoms with Gasteiger partial charge >= 0.3 is 6.03 Å². The van der Waals surface area contributed by atoms with Gasteiger partial charge < -0.3 is 5.32 Å². The summed E-state index contributed by atoms with van der Waals surface area (Å²) in [6, 6.07) is 3.52. The average Bonchev–Trinajstić information content (AvgIpc) is 2.44. The van der Waals surface area contributed by atoms with Crippen molar-refractivity contribution < 1.29 is 4.79 Å². The monoisotopic (exact) mass is 363 g/mol. The maximum atomic E-state index is 12.1. The smallest absolute Gasteiger partial charge is 0.320 e. The SMILES string of the molecule is O=C(NCC12CC3CC(CC(C3)C1)C2)Nc1cc(Br)ccn1. The number of carbonyl (C=O) groups excluding carboxylic acids is 1. The molecule has 0 spiro atoms. The lowest BCUT2D eigenvalue weighted by molar-refractivity contribution is -0.0496. The van der Waals surface area contributed by atoms with Crippen molar-refractivity contribution in [3.63, 3.8) is 0 Å². The fraction of sp³-hybridized carbons (Fsp3) is 0.647. The third kappa shape index (κ3) is 2.87. The highest BCUT2D eigenvalue weighted by Crippen LogP contribution is 2.59. The van der Waals surface area contributed by atoms with Gasteiger partial charge in [-0.25, -0.2) is 9.78 Å². The van der Waals surface area contributed by atoms with Crippen LogP contribution in [0.15, 0.2) is 22.8 Å². The molecular formula is C17H22BrN3O. The quantitative estimate of drug-likeness (QED) is 0.845. The summed E-state index contributed by atoms with van der Waals surface area (Å²) in [6.45, 7) is 0.816. The van der Waals surface area contributed by atoms with Crippen molar-refractivity contribution >= 4 is 27.8 Å². The summed E-state index contributed by atoms with van der Waals surface area (Å²) in [5, 5.41) is 5.93. The lowest BCUT2D eigenvalue weighted by atomic mass is 9.49. The Morgan fingerprint density at radius 1 is 1.23 bits per heavy atom. The van der Waals surface area contributed by atoms with Crippen LogP contribution < -0.4 is 10.6 Å². The highest BCUT2D eigenvalue weighted by Gasteiger charge is 2.50. The minimum atomic E-state index is -0.138. The van der Waals surface area contributed by atoms with Gasteiger partial charge in [0.2, 0.25) is 0 Å². The summed E-state index contributed by atoms with van der Waals surface area (Å²) < 4.78 is 0.916. The third-order valence-electron chi connectivity index (χ3n) is 5.75. The molecule has 0 radical (unpaired) electrons. The standard InChI is InChI=1S/C17H22BrN3O/c18-14-1-2-19-15(6-14)21-16(22)20-10-17-7-11-3-12(8-17)5-13(4-11)9-17/h1-2,6,11-13H,3-5,7-10H2,(H2,19,20,21,22). The number of hydrogen-bond acceptors (Lipinski definition) is 2. The highest BCUT2D eigenvalue weighted by molar-refractivity contribution is 9.10. The van der Waals surface area contributed by atoms with E-state index in [1.54, 1.807) is 6.20 Å². The van der Waals surface area contributed by atoms with Gasteiger partial charge in [0.25, 0.3) is 0 Å². The molecule has 4 saturated carbocycles. The first-order chi connectivity index (χ1) is 10.6. The Bertz CT molecular complexity index is 554. The summed E-state index contributed by atoms with van der Waals surface area (Å²) in [5.41, 5.74) is 0.372. The van der Waals surface area contributed by atoms with E-state index in [1.165, 1.54) is 38.5 Å². The third-order valence-corrected chi connectivity index (χ3v) is 6.25. The molecule has 4 bridgehead atoms. The number of nitrogens with zero attached hydrogens (tertiary/aromatic N) is 1. The van der Waals surface area contributed by atoms with Gasteiger partial charge in [0.05, 0.1) is 0 Å². The Kier molecular flexibility index (Phi) is 3.63. The van der Waals surface area contributed by atoms with E-state index in [1.807, 2.05) is 12.1 Å². The van der Waals surface area contributed by atoms with Crippen molar-refractivity contribution in [2.45, 2.75) is 38.5 Å². The van der Waals surface area contributed by atoms with E-state index >= 15 is 0 Å². The molecule has 0 unspecified atom stereocenters. The molecule has 2 amide bonds. The molecule has 5 rings (SSSR count).